The van der Waals surface area contributed by atoms with Crippen LogP contribution in [-0.2, 0) is 11.2 Å². The van der Waals surface area contributed by atoms with Gasteiger partial charge in [0, 0.05) is 26.1 Å². The maximum Gasteiger partial charge on any atom is 0.241 e. The van der Waals surface area contributed by atoms with Crippen molar-refractivity contribution < 1.29 is 4.79 Å². The minimum absolute atomic E-state index is 0.0178. The molecule has 1 aromatic rings. The molecule has 18 heavy (non-hydrogen) atoms. The van der Waals surface area contributed by atoms with Gasteiger partial charge in [0.1, 0.15) is 16.8 Å². The van der Waals surface area contributed by atoms with Crippen LogP contribution in [0.25, 0.3) is 0 Å². The second-order valence-corrected chi connectivity index (χ2v) is 4.39. The summed E-state index contributed by atoms with van der Waals surface area (Å²) in [6.07, 6.45) is 1.73. The summed E-state index contributed by atoms with van der Waals surface area (Å²) in [6.45, 7) is 4.88. The molecule has 0 radical (unpaired) electrons. The zero-order chi connectivity index (χ0) is 13.5. The molecule has 0 saturated heterocycles. The van der Waals surface area contributed by atoms with E-state index >= 15 is 0 Å². The molecule has 1 N–H and O–H groups in total. The molecule has 0 spiro atoms. The molecular weight excluding hydrogens is 252 g/mol. The lowest BCUT2D eigenvalue weighted by molar-refractivity contribution is -0.127. The number of amides is 1. The molecule has 0 unspecified atom stereocenters. The summed E-state index contributed by atoms with van der Waals surface area (Å²) in [6, 6.07) is 1.62. The molecule has 6 heteroatoms. The molecule has 0 bridgehead atoms. The first-order valence-electron chi connectivity index (χ1n) is 6.08. The number of nitrogens with one attached hydrogen (secondary N) is 1. The number of nitrogens with zero attached hydrogens (tertiary/aromatic N) is 3. The Morgan fingerprint density at radius 1 is 1.44 bits per heavy atom. The highest BCUT2D eigenvalue weighted by atomic mass is 35.5. The van der Waals surface area contributed by atoms with Crippen molar-refractivity contribution in [1.82, 2.24) is 14.9 Å². The van der Waals surface area contributed by atoms with Gasteiger partial charge in [0.2, 0.25) is 5.91 Å². The van der Waals surface area contributed by atoms with Crippen LogP contribution in [0.5, 0.6) is 0 Å². The number of rotatable bonds is 6. The Bertz CT molecular complexity index is 411. The van der Waals surface area contributed by atoms with Gasteiger partial charge in [-0.3, -0.25) is 4.79 Å². The monoisotopic (exact) mass is 270 g/mol. The predicted molar refractivity (Wildman–Crippen MR) is 72.8 cm³/mol. The largest absolute Gasteiger partial charge is 0.361 e. The first-order valence-corrected chi connectivity index (χ1v) is 6.45. The lowest BCUT2D eigenvalue weighted by Crippen LogP contribution is -2.32. The molecule has 0 atom stereocenters. The highest BCUT2D eigenvalue weighted by molar-refractivity contribution is 6.29. The van der Waals surface area contributed by atoms with Crippen LogP contribution in [0.2, 0.25) is 5.15 Å². The smallest absolute Gasteiger partial charge is 0.241 e. The summed E-state index contributed by atoms with van der Waals surface area (Å²) < 4.78 is 0. The van der Waals surface area contributed by atoms with Crippen molar-refractivity contribution >= 4 is 23.3 Å². The van der Waals surface area contributed by atoms with Gasteiger partial charge < -0.3 is 10.2 Å². The van der Waals surface area contributed by atoms with Gasteiger partial charge in [0.05, 0.1) is 6.54 Å². The lowest BCUT2D eigenvalue weighted by Gasteiger charge is -2.15. The van der Waals surface area contributed by atoms with E-state index in [-0.39, 0.29) is 12.5 Å². The van der Waals surface area contributed by atoms with Crippen LogP contribution in [0.15, 0.2) is 6.07 Å². The van der Waals surface area contributed by atoms with Crippen LogP contribution in [0.1, 0.15) is 26.1 Å². The van der Waals surface area contributed by atoms with Gasteiger partial charge >= 0.3 is 0 Å². The summed E-state index contributed by atoms with van der Waals surface area (Å²) in [4.78, 5) is 21.7. The second kappa shape index (κ2) is 7.16. The van der Waals surface area contributed by atoms with Crippen molar-refractivity contribution in [3.8, 4) is 0 Å². The molecule has 1 heterocycles. The van der Waals surface area contributed by atoms with Gasteiger partial charge in [-0.05, 0) is 13.3 Å². The lowest BCUT2D eigenvalue weighted by atomic mass is 10.3. The average Bonchev–Trinajstić information content (AvgIpc) is 2.34. The Labute approximate surface area is 113 Å². The molecule has 0 fully saturated rings. The fraction of sp³-hybridized carbons (Fsp3) is 0.583. The standard InChI is InChI=1S/C12H19ClN4O/c1-4-6-10-15-9(13)7-11(16-10)14-8-12(18)17(3)5-2/h7H,4-6,8H2,1-3H3,(H,14,15,16). The third-order valence-corrected chi connectivity index (χ3v) is 2.73. The van der Waals surface area contributed by atoms with Crippen LogP contribution < -0.4 is 5.32 Å². The summed E-state index contributed by atoms with van der Waals surface area (Å²) in [5.74, 6) is 1.31. The molecule has 1 aromatic heterocycles. The van der Waals surface area contributed by atoms with Crippen LogP contribution in [0, 0.1) is 0 Å². The SMILES string of the molecule is CCCc1nc(Cl)cc(NCC(=O)N(C)CC)n1. The molecule has 0 aliphatic heterocycles. The number of hydrogen-bond donors (Lipinski definition) is 1. The van der Waals surface area contributed by atoms with Crippen LogP contribution >= 0.6 is 11.6 Å². The Balaban J connectivity index is 2.64. The number of halogens is 1. The van der Waals surface area contributed by atoms with E-state index in [1.54, 1.807) is 18.0 Å². The quantitative estimate of drug-likeness (QED) is 0.803. The van der Waals surface area contributed by atoms with E-state index in [2.05, 4.69) is 22.2 Å². The van der Waals surface area contributed by atoms with Crippen LogP contribution in [0.3, 0.4) is 0 Å². The zero-order valence-electron chi connectivity index (χ0n) is 11.0. The molecule has 1 amide bonds. The number of hydrogen-bond acceptors (Lipinski definition) is 4. The third-order valence-electron chi connectivity index (χ3n) is 2.54. The van der Waals surface area contributed by atoms with Crippen LogP contribution in [0.4, 0.5) is 5.82 Å². The fourth-order valence-electron chi connectivity index (χ4n) is 1.37. The van der Waals surface area contributed by atoms with E-state index in [1.807, 2.05) is 6.92 Å². The van der Waals surface area contributed by atoms with Gasteiger partial charge in [0.25, 0.3) is 0 Å². The summed E-state index contributed by atoms with van der Waals surface area (Å²) >= 11 is 5.90. The Morgan fingerprint density at radius 3 is 2.78 bits per heavy atom. The fourth-order valence-corrected chi connectivity index (χ4v) is 1.57. The van der Waals surface area contributed by atoms with Gasteiger partial charge in [0.15, 0.2) is 0 Å². The van der Waals surface area contributed by atoms with E-state index in [0.717, 1.165) is 12.8 Å². The Hall–Kier alpha value is -1.36. The highest BCUT2D eigenvalue weighted by Gasteiger charge is 2.08. The number of carbonyl (C=O) groups excluding carboxylic acids is 1. The predicted octanol–water partition coefficient (Wildman–Crippen LogP) is 1.97. The first-order chi connectivity index (χ1) is 8.56. The van der Waals surface area contributed by atoms with Crippen molar-refractivity contribution in [3.05, 3.63) is 17.0 Å². The van der Waals surface area contributed by atoms with E-state index in [0.29, 0.717) is 23.3 Å². The molecule has 0 aromatic carbocycles. The third kappa shape index (κ3) is 4.49. The molecule has 0 aliphatic carbocycles. The normalized spacial score (nSPS) is 10.2. The van der Waals surface area contributed by atoms with Gasteiger partial charge in [-0.15, -0.1) is 0 Å². The number of carbonyl (C=O) groups is 1. The van der Waals surface area contributed by atoms with Crippen molar-refractivity contribution in [3.63, 3.8) is 0 Å². The van der Waals surface area contributed by atoms with Crippen molar-refractivity contribution in [1.29, 1.82) is 0 Å². The second-order valence-electron chi connectivity index (χ2n) is 4.00. The number of anilines is 1. The molecule has 1 rings (SSSR count). The van der Waals surface area contributed by atoms with E-state index in [4.69, 9.17) is 11.6 Å². The van der Waals surface area contributed by atoms with E-state index in [1.165, 1.54) is 0 Å². The highest BCUT2D eigenvalue weighted by Crippen LogP contribution is 2.12. The Kier molecular flexibility index (Phi) is 5.85. The molecule has 100 valence electrons. The molecular formula is C12H19ClN4O. The molecule has 5 nitrogen and oxygen atoms in total. The first kappa shape index (κ1) is 14.7. The van der Waals surface area contributed by atoms with Crippen LogP contribution in [-0.4, -0.2) is 40.9 Å². The minimum Gasteiger partial charge on any atom is -0.361 e. The average molecular weight is 271 g/mol. The maximum atomic E-state index is 11.6. The van der Waals surface area contributed by atoms with E-state index in [9.17, 15) is 4.79 Å². The minimum atomic E-state index is 0.0178. The van der Waals surface area contributed by atoms with E-state index < -0.39 is 0 Å². The van der Waals surface area contributed by atoms with Gasteiger partial charge in [-0.2, -0.15) is 0 Å². The van der Waals surface area contributed by atoms with Gasteiger partial charge in [-0.1, -0.05) is 18.5 Å². The molecule has 0 saturated carbocycles. The van der Waals surface area contributed by atoms with Gasteiger partial charge in [-0.25, -0.2) is 9.97 Å². The summed E-state index contributed by atoms with van der Waals surface area (Å²) in [5, 5.41) is 3.37. The van der Waals surface area contributed by atoms with Crippen molar-refractivity contribution in [2.45, 2.75) is 26.7 Å². The number of aromatic nitrogens is 2. The molecule has 0 aliphatic rings. The summed E-state index contributed by atoms with van der Waals surface area (Å²) in [7, 11) is 1.76. The summed E-state index contributed by atoms with van der Waals surface area (Å²) in [5.41, 5.74) is 0. The Morgan fingerprint density at radius 2 is 2.17 bits per heavy atom. The van der Waals surface area contributed by atoms with Crippen molar-refractivity contribution in [2.75, 3.05) is 25.5 Å². The number of likely N-dealkylation sites (N-methyl/N-ethyl adjacent to an activating group) is 1. The topological polar surface area (TPSA) is 58.1 Å². The maximum absolute atomic E-state index is 11.6. The number of aryl methyl sites for hydroxylation is 1. The van der Waals surface area contributed by atoms with Crippen molar-refractivity contribution in [2.24, 2.45) is 0 Å². The zero-order valence-corrected chi connectivity index (χ0v) is 11.8.